The number of aromatic nitrogens is 2. The van der Waals surface area contributed by atoms with Crippen LogP contribution in [0.1, 0.15) is 30.9 Å². The fourth-order valence-corrected chi connectivity index (χ4v) is 6.48. The summed E-state index contributed by atoms with van der Waals surface area (Å²) < 4.78 is 5.78. The van der Waals surface area contributed by atoms with Gasteiger partial charge in [-0.15, -0.1) is 0 Å². The van der Waals surface area contributed by atoms with Crippen LogP contribution in [0.3, 0.4) is 0 Å². The molecule has 4 amide bonds. The summed E-state index contributed by atoms with van der Waals surface area (Å²) in [5.74, 6) is 0.702. The van der Waals surface area contributed by atoms with Crippen LogP contribution in [0, 0.1) is 0 Å². The van der Waals surface area contributed by atoms with Crippen LogP contribution in [-0.2, 0) is 9.59 Å². The number of urea groups is 1. The molecule has 198 valence electrons. The van der Waals surface area contributed by atoms with Gasteiger partial charge in [0.15, 0.2) is 0 Å². The number of pyridine rings is 2. The molecule has 3 aliphatic rings. The number of carbonyl (C=O) groups is 3. The third-order valence-corrected chi connectivity index (χ3v) is 8.31. The fraction of sp³-hybridized carbons (Fsp3) is 0.250. The Labute approximate surface area is 229 Å². The Morgan fingerprint density at radius 1 is 1.08 bits per heavy atom. The normalized spacial score (nSPS) is 23.0. The Morgan fingerprint density at radius 3 is 2.62 bits per heavy atom. The number of amides is 4. The van der Waals surface area contributed by atoms with Crippen molar-refractivity contribution in [1.82, 2.24) is 25.9 Å². The molecule has 1 aliphatic carbocycles. The Kier molecular flexibility index (Phi) is 6.65. The molecule has 3 N–H and O–H groups in total. The topological polar surface area (TPSA) is 126 Å². The summed E-state index contributed by atoms with van der Waals surface area (Å²) in [6.07, 6.45) is 6.69. The van der Waals surface area contributed by atoms with Crippen molar-refractivity contribution in [2.24, 2.45) is 0 Å². The van der Waals surface area contributed by atoms with Crippen molar-refractivity contribution in [3.05, 3.63) is 79.1 Å². The van der Waals surface area contributed by atoms with E-state index in [1.54, 1.807) is 35.5 Å². The summed E-state index contributed by atoms with van der Waals surface area (Å²) >= 11 is 1.35. The van der Waals surface area contributed by atoms with Crippen LogP contribution in [0.5, 0.6) is 11.6 Å². The smallest absolute Gasteiger partial charge is 0.327 e. The largest absolute Gasteiger partial charge is 0.439 e. The summed E-state index contributed by atoms with van der Waals surface area (Å²) in [5, 5.41) is 9.18. The molecular formula is C28H26N6O4S. The lowest BCUT2D eigenvalue weighted by atomic mass is 10.00. The summed E-state index contributed by atoms with van der Waals surface area (Å²) in [6, 6.07) is 13.7. The second kappa shape index (κ2) is 10.4. The number of benzene rings is 1. The van der Waals surface area contributed by atoms with E-state index in [4.69, 9.17) is 4.74 Å². The van der Waals surface area contributed by atoms with Crippen LogP contribution in [-0.4, -0.2) is 45.1 Å². The van der Waals surface area contributed by atoms with E-state index in [9.17, 15) is 14.4 Å². The lowest BCUT2D eigenvalue weighted by Crippen LogP contribution is -2.50. The van der Waals surface area contributed by atoms with Crippen molar-refractivity contribution in [3.63, 3.8) is 0 Å². The molecule has 0 bridgehead atoms. The summed E-state index contributed by atoms with van der Waals surface area (Å²) in [6.45, 7) is 3.48. The molecule has 1 saturated carbocycles. The van der Waals surface area contributed by atoms with Gasteiger partial charge in [-0.1, -0.05) is 36.5 Å². The van der Waals surface area contributed by atoms with Gasteiger partial charge in [0.05, 0.1) is 23.6 Å². The minimum Gasteiger partial charge on any atom is -0.439 e. The number of nitrogens with one attached hydrogen (secondary N) is 3. The van der Waals surface area contributed by atoms with Gasteiger partial charge in [-0.3, -0.25) is 14.5 Å². The average Bonchev–Trinajstić information content (AvgIpc) is 3.55. The fourth-order valence-electron chi connectivity index (χ4n) is 5.24. The maximum Gasteiger partial charge on any atom is 0.327 e. The number of carbonyl (C=O) groups excluding carboxylic acids is 3. The van der Waals surface area contributed by atoms with Gasteiger partial charge in [-0.25, -0.2) is 14.8 Å². The summed E-state index contributed by atoms with van der Waals surface area (Å²) in [7, 11) is 0. The highest BCUT2D eigenvalue weighted by atomic mass is 32.2. The molecule has 0 radical (unpaired) electrons. The van der Waals surface area contributed by atoms with Crippen molar-refractivity contribution < 1.29 is 19.1 Å². The third-order valence-electron chi connectivity index (χ3n) is 7.02. The molecule has 4 heterocycles. The van der Waals surface area contributed by atoms with Crippen LogP contribution in [0.25, 0.3) is 0 Å². The first kappa shape index (κ1) is 24.9. The number of ether oxygens (including phenoxy) is 1. The summed E-state index contributed by atoms with van der Waals surface area (Å²) in [4.78, 5) is 48.8. The van der Waals surface area contributed by atoms with E-state index >= 15 is 0 Å². The van der Waals surface area contributed by atoms with E-state index in [0.717, 1.165) is 18.4 Å². The Morgan fingerprint density at radius 2 is 1.87 bits per heavy atom. The SMILES string of the molecule is C=CC(=O)N[C@H]1CC[C@@H](NC(=O)C2Sc3nccc4c3C2NC(=O)N4c2ccc(Oc3ccccc3)nc2)C1. The van der Waals surface area contributed by atoms with Crippen molar-refractivity contribution >= 4 is 41.0 Å². The molecular weight excluding hydrogens is 516 g/mol. The zero-order valence-electron chi connectivity index (χ0n) is 20.9. The van der Waals surface area contributed by atoms with Gasteiger partial charge in [0.1, 0.15) is 16.0 Å². The molecule has 3 aromatic rings. The van der Waals surface area contributed by atoms with Crippen LogP contribution in [0.2, 0.25) is 0 Å². The zero-order chi connectivity index (χ0) is 26.9. The van der Waals surface area contributed by atoms with Gasteiger partial charge in [0.2, 0.25) is 17.7 Å². The van der Waals surface area contributed by atoms with Gasteiger partial charge < -0.3 is 20.7 Å². The highest BCUT2D eigenvalue weighted by Gasteiger charge is 2.47. The predicted molar refractivity (Wildman–Crippen MR) is 146 cm³/mol. The van der Waals surface area contributed by atoms with Crippen molar-refractivity contribution in [2.75, 3.05) is 4.90 Å². The van der Waals surface area contributed by atoms with Crippen LogP contribution in [0.15, 0.2) is 78.6 Å². The maximum absolute atomic E-state index is 13.4. The minimum atomic E-state index is -0.554. The Balaban J connectivity index is 1.18. The molecule has 10 nitrogen and oxygen atoms in total. The quantitative estimate of drug-likeness (QED) is 0.386. The van der Waals surface area contributed by atoms with Gasteiger partial charge >= 0.3 is 6.03 Å². The van der Waals surface area contributed by atoms with E-state index < -0.39 is 11.3 Å². The Bertz CT molecular complexity index is 1430. The minimum absolute atomic E-state index is 0.00327. The molecule has 0 spiro atoms. The van der Waals surface area contributed by atoms with Gasteiger partial charge in [0.25, 0.3) is 0 Å². The van der Waals surface area contributed by atoms with Gasteiger partial charge in [-0.2, -0.15) is 0 Å². The molecule has 1 fully saturated rings. The number of para-hydroxylation sites is 1. The maximum atomic E-state index is 13.4. The highest BCUT2D eigenvalue weighted by molar-refractivity contribution is 8.01. The zero-order valence-corrected chi connectivity index (χ0v) is 21.7. The molecule has 6 rings (SSSR count). The van der Waals surface area contributed by atoms with Gasteiger partial charge in [0, 0.05) is 29.9 Å². The number of hydrogen-bond acceptors (Lipinski definition) is 7. The van der Waals surface area contributed by atoms with Crippen LogP contribution >= 0.6 is 11.8 Å². The van der Waals surface area contributed by atoms with Crippen molar-refractivity contribution in [2.45, 2.75) is 47.7 Å². The first-order chi connectivity index (χ1) is 19.0. The number of thioether (sulfide) groups is 1. The lowest BCUT2D eigenvalue weighted by molar-refractivity contribution is -0.121. The van der Waals surface area contributed by atoms with Crippen LogP contribution < -0.4 is 25.6 Å². The molecule has 39 heavy (non-hydrogen) atoms. The van der Waals surface area contributed by atoms with E-state index in [1.165, 1.54) is 17.8 Å². The molecule has 2 aliphatic heterocycles. The standard InChI is InChI=1S/C28H26N6O4S/c1-2-21(35)31-16-8-9-17(14-16)32-26(36)25-24-23-20(12-13-29-27(23)39-25)34(28(37)33-24)18-10-11-22(30-15-18)38-19-6-4-3-5-7-19/h2-7,10-13,15-17,24-25H,1,8-9,14H2,(H,31,35)(H,32,36)(H,33,37)/t16-,17+,24?,25?/m0/s1. The number of hydrogen-bond donors (Lipinski definition) is 3. The molecule has 0 saturated heterocycles. The first-order valence-corrected chi connectivity index (χ1v) is 13.6. The van der Waals surface area contributed by atoms with E-state index in [-0.39, 0.29) is 29.9 Å². The predicted octanol–water partition coefficient (Wildman–Crippen LogP) is 3.99. The Hall–Kier alpha value is -4.38. The molecule has 2 unspecified atom stereocenters. The van der Waals surface area contributed by atoms with Crippen molar-refractivity contribution in [1.29, 1.82) is 0 Å². The van der Waals surface area contributed by atoms with Crippen LogP contribution in [0.4, 0.5) is 16.2 Å². The lowest BCUT2D eigenvalue weighted by Gasteiger charge is -2.34. The number of anilines is 2. The highest BCUT2D eigenvalue weighted by Crippen LogP contribution is 2.50. The van der Waals surface area contributed by atoms with E-state index in [0.29, 0.717) is 34.5 Å². The number of rotatable bonds is 7. The monoisotopic (exact) mass is 542 g/mol. The third kappa shape index (κ3) is 4.92. The molecule has 4 atom stereocenters. The molecule has 11 heteroatoms. The molecule has 2 aromatic heterocycles. The summed E-state index contributed by atoms with van der Waals surface area (Å²) in [5.41, 5.74) is 2.05. The molecule has 1 aromatic carbocycles. The second-order valence-corrected chi connectivity index (χ2v) is 10.7. The van der Waals surface area contributed by atoms with E-state index in [2.05, 4.69) is 32.5 Å². The second-order valence-electron chi connectivity index (χ2n) is 9.55. The number of nitrogens with zero attached hydrogens (tertiary/aromatic N) is 3. The van der Waals surface area contributed by atoms with Crippen molar-refractivity contribution in [3.8, 4) is 11.6 Å². The van der Waals surface area contributed by atoms with Gasteiger partial charge in [-0.05, 0) is 49.6 Å². The average molecular weight is 543 g/mol. The van der Waals surface area contributed by atoms with E-state index in [1.807, 2.05) is 30.3 Å². The first-order valence-electron chi connectivity index (χ1n) is 12.7.